The van der Waals surface area contributed by atoms with E-state index in [1.807, 2.05) is 6.08 Å². The molecule has 24 heavy (non-hydrogen) atoms. The largest absolute Gasteiger partial charge is 0.465 e. The van der Waals surface area contributed by atoms with Gasteiger partial charge >= 0.3 is 12.1 Å². The zero-order chi connectivity index (χ0) is 17.9. The number of nitrogens with zero attached hydrogens (tertiary/aromatic N) is 1. The van der Waals surface area contributed by atoms with Crippen molar-refractivity contribution in [3.63, 3.8) is 0 Å². The first kappa shape index (κ1) is 18.0. The van der Waals surface area contributed by atoms with Gasteiger partial charge in [-0.2, -0.15) is 0 Å². The van der Waals surface area contributed by atoms with Crippen molar-refractivity contribution in [2.45, 2.75) is 32.8 Å². The number of methoxy groups -OCH3 is 1. The summed E-state index contributed by atoms with van der Waals surface area (Å²) in [5.41, 5.74) is 0.641. The molecule has 0 spiro atoms. The minimum absolute atomic E-state index is 0.152. The molecule has 0 atom stereocenters. The van der Waals surface area contributed by atoms with Gasteiger partial charge in [0.15, 0.2) is 0 Å². The molecule has 5 nitrogen and oxygen atoms in total. The number of hydrogen-bond donors (Lipinski definition) is 0. The molecule has 1 aromatic carbocycles. The number of halogens is 1. The number of amides is 1. The molecule has 1 amide bonds. The fourth-order valence-corrected chi connectivity index (χ4v) is 2.44. The summed E-state index contributed by atoms with van der Waals surface area (Å²) in [4.78, 5) is 25.2. The van der Waals surface area contributed by atoms with Crippen LogP contribution >= 0.6 is 0 Å². The highest BCUT2D eigenvalue weighted by Gasteiger charge is 2.25. The first-order valence-corrected chi connectivity index (χ1v) is 7.76. The third-order valence-electron chi connectivity index (χ3n) is 3.54. The molecular weight excluding hydrogens is 313 g/mol. The third-order valence-corrected chi connectivity index (χ3v) is 3.54. The summed E-state index contributed by atoms with van der Waals surface area (Å²) in [6.45, 7) is 6.20. The lowest BCUT2D eigenvalue weighted by molar-refractivity contribution is 0.0272. The Balaban J connectivity index is 2.17. The molecule has 0 saturated heterocycles. The van der Waals surface area contributed by atoms with Gasteiger partial charge in [0.05, 0.1) is 12.7 Å². The molecule has 1 aromatic rings. The van der Waals surface area contributed by atoms with Gasteiger partial charge < -0.3 is 14.4 Å². The van der Waals surface area contributed by atoms with E-state index in [1.165, 1.54) is 19.2 Å². The van der Waals surface area contributed by atoms with Crippen LogP contribution in [0.15, 0.2) is 24.3 Å². The number of hydrogen-bond acceptors (Lipinski definition) is 4. The fourth-order valence-electron chi connectivity index (χ4n) is 2.44. The van der Waals surface area contributed by atoms with Crippen LogP contribution in [-0.2, 0) is 9.47 Å². The molecular formula is C18H22FNO4. The second-order valence-electron chi connectivity index (χ2n) is 6.61. The van der Waals surface area contributed by atoms with E-state index in [-0.39, 0.29) is 12.1 Å². The molecule has 0 fully saturated rings. The van der Waals surface area contributed by atoms with Gasteiger partial charge in [0.25, 0.3) is 0 Å². The van der Waals surface area contributed by atoms with Crippen LogP contribution < -0.4 is 0 Å². The van der Waals surface area contributed by atoms with Gasteiger partial charge in [0.2, 0.25) is 0 Å². The van der Waals surface area contributed by atoms with E-state index in [0.29, 0.717) is 24.1 Å². The van der Waals surface area contributed by atoms with Crippen LogP contribution in [-0.4, -0.2) is 42.8 Å². The maximum Gasteiger partial charge on any atom is 0.410 e. The van der Waals surface area contributed by atoms with Crippen molar-refractivity contribution in [2.75, 3.05) is 20.2 Å². The van der Waals surface area contributed by atoms with Crippen molar-refractivity contribution in [1.29, 1.82) is 0 Å². The molecule has 0 aromatic heterocycles. The summed E-state index contributed by atoms with van der Waals surface area (Å²) in [6.07, 6.45) is 2.10. The van der Waals surface area contributed by atoms with Gasteiger partial charge in [0, 0.05) is 18.7 Å². The minimum Gasteiger partial charge on any atom is -0.465 e. The number of carbonyl (C=O) groups is 2. The van der Waals surface area contributed by atoms with Crippen LogP contribution in [0.25, 0.3) is 5.57 Å². The quantitative estimate of drug-likeness (QED) is 0.774. The number of rotatable bonds is 2. The molecule has 0 unspecified atom stereocenters. The molecule has 130 valence electrons. The molecule has 0 N–H and O–H groups in total. The van der Waals surface area contributed by atoms with E-state index in [9.17, 15) is 14.0 Å². The van der Waals surface area contributed by atoms with Gasteiger partial charge in [-0.15, -0.1) is 0 Å². The van der Waals surface area contributed by atoms with Crippen LogP contribution in [0.5, 0.6) is 0 Å². The van der Waals surface area contributed by atoms with Crippen LogP contribution in [0.1, 0.15) is 43.1 Å². The number of esters is 1. The zero-order valence-corrected chi connectivity index (χ0v) is 14.4. The van der Waals surface area contributed by atoms with Crippen molar-refractivity contribution < 1.29 is 23.5 Å². The Hall–Kier alpha value is -2.37. The maximum atomic E-state index is 14.3. The molecule has 6 heteroatoms. The Bertz CT molecular complexity index is 676. The Labute approximate surface area is 141 Å². The van der Waals surface area contributed by atoms with Crippen LogP contribution in [0.4, 0.5) is 9.18 Å². The summed E-state index contributed by atoms with van der Waals surface area (Å²) in [5.74, 6) is -1.11. The average Bonchev–Trinajstić information content (AvgIpc) is 2.52. The molecule has 2 rings (SSSR count). The zero-order valence-electron chi connectivity index (χ0n) is 14.4. The molecule has 0 saturated carbocycles. The lowest BCUT2D eigenvalue weighted by atomic mass is 9.99. The highest BCUT2D eigenvalue weighted by Crippen LogP contribution is 2.25. The molecule has 1 heterocycles. The molecule has 0 radical (unpaired) electrons. The van der Waals surface area contributed by atoms with Crippen molar-refractivity contribution in [2.24, 2.45) is 0 Å². The van der Waals surface area contributed by atoms with Gasteiger partial charge in [-0.25, -0.2) is 14.0 Å². The fraction of sp³-hybridized carbons (Fsp3) is 0.444. The van der Waals surface area contributed by atoms with E-state index < -0.39 is 23.5 Å². The topological polar surface area (TPSA) is 55.8 Å². The van der Waals surface area contributed by atoms with Crippen LogP contribution in [0.2, 0.25) is 0 Å². The molecule has 1 aliphatic heterocycles. The summed E-state index contributed by atoms with van der Waals surface area (Å²) in [5, 5.41) is 0. The Morgan fingerprint density at radius 3 is 2.54 bits per heavy atom. The smallest absolute Gasteiger partial charge is 0.410 e. The third kappa shape index (κ3) is 4.34. The van der Waals surface area contributed by atoms with Crippen molar-refractivity contribution in [3.05, 3.63) is 41.2 Å². The standard InChI is InChI=1S/C18H22FNO4/c1-18(2,3)24-17(22)20-9-5-6-13(11-20)14-8-7-12(10-15(14)19)16(21)23-4/h6-8,10H,5,9,11H2,1-4H3. The molecule has 0 bridgehead atoms. The van der Waals surface area contributed by atoms with E-state index in [0.717, 1.165) is 6.07 Å². The van der Waals surface area contributed by atoms with Crippen molar-refractivity contribution in [1.82, 2.24) is 4.90 Å². The minimum atomic E-state index is -0.589. The van der Waals surface area contributed by atoms with E-state index >= 15 is 0 Å². The van der Waals surface area contributed by atoms with E-state index in [2.05, 4.69) is 4.74 Å². The normalized spacial score (nSPS) is 14.9. The van der Waals surface area contributed by atoms with Gasteiger partial charge in [-0.05, 0) is 44.9 Å². The second-order valence-corrected chi connectivity index (χ2v) is 6.61. The van der Waals surface area contributed by atoms with Gasteiger partial charge in [0.1, 0.15) is 11.4 Å². The predicted octanol–water partition coefficient (Wildman–Crippen LogP) is 3.64. The lowest BCUT2D eigenvalue weighted by Gasteiger charge is -2.30. The number of carbonyl (C=O) groups excluding carboxylic acids is 2. The maximum absolute atomic E-state index is 14.3. The average molecular weight is 335 g/mol. The number of ether oxygens (including phenoxy) is 2. The summed E-state index contributed by atoms with van der Waals surface area (Å²) in [6, 6.07) is 4.19. The Morgan fingerprint density at radius 2 is 1.96 bits per heavy atom. The summed E-state index contributed by atoms with van der Waals surface area (Å²) < 4.78 is 24.3. The van der Waals surface area contributed by atoms with Crippen molar-refractivity contribution >= 4 is 17.6 Å². The van der Waals surface area contributed by atoms with Gasteiger partial charge in [-0.1, -0.05) is 12.1 Å². The Morgan fingerprint density at radius 1 is 1.25 bits per heavy atom. The predicted molar refractivity (Wildman–Crippen MR) is 88.1 cm³/mol. The summed E-state index contributed by atoms with van der Waals surface area (Å²) in [7, 11) is 1.25. The highest BCUT2D eigenvalue weighted by atomic mass is 19.1. The monoisotopic (exact) mass is 335 g/mol. The number of benzene rings is 1. The highest BCUT2D eigenvalue weighted by molar-refractivity contribution is 5.90. The van der Waals surface area contributed by atoms with E-state index in [4.69, 9.17) is 4.74 Å². The lowest BCUT2D eigenvalue weighted by Crippen LogP contribution is -2.39. The second kappa shape index (κ2) is 7.03. The SMILES string of the molecule is COC(=O)c1ccc(C2=CCCN(C(=O)OC(C)(C)C)C2)c(F)c1. The first-order valence-electron chi connectivity index (χ1n) is 7.76. The summed E-state index contributed by atoms with van der Waals surface area (Å²) >= 11 is 0. The Kier molecular flexibility index (Phi) is 5.26. The van der Waals surface area contributed by atoms with E-state index in [1.54, 1.807) is 25.7 Å². The first-order chi connectivity index (χ1) is 11.2. The molecule has 0 aliphatic carbocycles. The molecule has 1 aliphatic rings. The van der Waals surface area contributed by atoms with Crippen molar-refractivity contribution in [3.8, 4) is 0 Å². The van der Waals surface area contributed by atoms with Crippen LogP contribution in [0.3, 0.4) is 0 Å². The van der Waals surface area contributed by atoms with Gasteiger partial charge in [-0.3, -0.25) is 0 Å². The van der Waals surface area contributed by atoms with Crippen LogP contribution in [0, 0.1) is 5.82 Å².